The Morgan fingerprint density at radius 1 is 1.39 bits per heavy atom. The predicted octanol–water partition coefficient (Wildman–Crippen LogP) is 1.78. The number of fused-ring (bicyclic) bond motifs is 2. The van der Waals surface area contributed by atoms with Crippen LogP contribution in [0.5, 0.6) is 5.75 Å². The molecule has 2 fully saturated rings. The van der Waals surface area contributed by atoms with Crippen LogP contribution in [0.1, 0.15) is 18.4 Å². The van der Waals surface area contributed by atoms with Gasteiger partial charge in [-0.15, -0.1) is 0 Å². The van der Waals surface area contributed by atoms with Crippen molar-refractivity contribution < 1.29 is 23.4 Å². The van der Waals surface area contributed by atoms with Gasteiger partial charge in [-0.1, -0.05) is 6.07 Å². The Balaban J connectivity index is 1.77. The average molecular weight is 323 g/mol. The lowest BCUT2D eigenvalue weighted by molar-refractivity contribution is -0.134. The smallest absolute Gasteiger partial charge is 0.227 e. The van der Waals surface area contributed by atoms with Gasteiger partial charge in [0.25, 0.3) is 0 Å². The SMILES string of the molecule is COc1cc(F)ccc1CC(=O)N1CCO[C@H]2CC[C@H]1[C@@H]2OC. The van der Waals surface area contributed by atoms with Crippen molar-refractivity contribution in [3.63, 3.8) is 0 Å². The summed E-state index contributed by atoms with van der Waals surface area (Å²) in [5.74, 6) is 0.0180. The second-order valence-corrected chi connectivity index (χ2v) is 5.97. The second-order valence-electron chi connectivity index (χ2n) is 5.97. The highest BCUT2D eigenvalue weighted by Gasteiger charge is 2.44. The number of amides is 1. The molecule has 23 heavy (non-hydrogen) atoms. The van der Waals surface area contributed by atoms with E-state index in [0.717, 1.165) is 12.8 Å². The highest BCUT2D eigenvalue weighted by Crippen LogP contribution is 2.32. The predicted molar refractivity (Wildman–Crippen MR) is 81.9 cm³/mol. The number of hydrogen-bond donors (Lipinski definition) is 0. The molecule has 0 unspecified atom stereocenters. The molecule has 1 aromatic rings. The summed E-state index contributed by atoms with van der Waals surface area (Å²) in [7, 11) is 3.14. The highest BCUT2D eigenvalue weighted by atomic mass is 19.1. The molecular formula is C17H22FNO4. The van der Waals surface area contributed by atoms with E-state index in [9.17, 15) is 9.18 Å². The molecule has 2 bridgehead atoms. The van der Waals surface area contributed by atoms with Crippen LogP contribution in [0.4, 0.5) is 4.39 Å². The van der Waals surface area contributed by atoms with Gasteiger partial charge in [0.1, 0.15) is 17.7 Å². The molecule has 0 aromatic heterocycles. The summed E-state index contributed by atoms with van der Waals surface area (Å²) in [6, 6.07) is 4.30. The molecule has 1 aliphatic carbocycles. The fourth-order valence-electron chi connectivity index (χ4n) is 3.64. The second kappa shape index (κ2) is 6.84. The van der Waals surface area contributed by atoms with E-state index in [0.29, 0.717) is 24.5 Å². The Kier molecular flexibility index (Phi) is 4.82. The van der Waals surface area contributed by atoms with Crippen molar-refractivity contribution in [2.24, 2.45) is 0 Å². The minimum atomic E-state index is -0.376. The Morgan fingerprint density at radius 2 is 2.22 bits per heavy atom. The van der Waals surface area contributed by atoms with E-state index >= 15 is 0 Å². The maximum absolute atomic E-state index is 13.3. The van der Waals surface area contributed by atoms with Gasteiger partial charge in [-0.3, -0.25) is 4.79 Å². The van der Waals surface area contributed by atoms with Crippen LogP contribution in [-0.4, -0.2) is 56.4 Å². The van der Waals surface area contributed by atoms with E-state index in [2.05, 4.69) is 0 Å². The lowest BCUT2D eigenvalue weighted by Gasteiger charge is -2.30. The first kappa shape index (κ1) is 16.2. The van der Waals surface area contributed by atoms with Crippen LogP contribution in [0.25, 0.3) is 0 Å². The number of ether oxygens (including phenoxy) is 3. The number of carbonyl (C=O) groups is 1. The highest BCUT2D eigenvalue weighted by molar-refractivity contribution is 5.80. The zero-order chi connectivity index (χ0) is 16.4. The summed E-state index contributed by atoms with van der Waals surface area (Å²) in [6.45, 7) is 1.08. The number of halogens is 1. The first-order chi connectivity index (χ1) is 11.1. The Bertz CT molecular complexity index is 580. The van der Waals surface area contributed by atoms with Crippen LogP contribution in [0.3, 0.4) is 0 Å². The fraction of sp³-hybridized carbons (Fsp3) is 0.588. The van der Waals surface area contributed by atoms with Crippen LogP contribution in [0.15, 0.2) is 18.2 Å². The van der Waals surface area contributed by atoms with Gasteiger partial charge in [-0.2, -0.15) is 0 Å². The molecule has 1 aromatic carbocycles. The van der Waals surface area contributed by atoms with Gasteiger partial charge in [0.05, 0.1) is 32.3 Å². The standard InChI is InChI=1S/C17H22FNO4/c1-21-15-10-12(18)4-3-11(15)9-16(20)19-7-8-23-14-6-5-13(19)17(14)22-2/h3-4,10,13-14,17H,5-9H2,1-2H3/t13-,14-,17-/m0/s1. The molecule has 1 aliphatic heterocycles. The molecule has 1 amide bonds. The van der Waals surface area contributed by atoms with Gasteiger partial charge in [-0.05, 0) is 18.9 Å². The number of methoxy groups -OCH3 is 2. The van der Waals surface area contributed by atoms with E-state index in [-0.39, 0.29) is 36.4 Å². The van der Waals surface area contributed by atoms with Crippen LogP contribution in [-0.2, 0) is 20.7 Å². The van der Waals surface area contributed by atoms with Gasteiger partial charge in [0.15, 0.2) is 0 Å². The molecular weight excluding hydrogens is 301 g/mol. The quantitative estimate of drug-likeness (QED) is 0.847. The zero-order valence-electron chi connectivity index (χ0n) is 13.5. The van der Waals surface area contributed by atoms with Gasteiger partial charge in [-0.25, -0.2) is 4.39 Å². The van der Waals surface area contributed by atoms with Gasteiger partial charge in [0.2, 0.25) is 5.91 Å². The largest absolute Gasteiger partial charge is 0.496 e. The molecule has 126 valence electrons. The van der Waals surface area contributed by atoms with Gasteiger partial charge < -0.3 is 19.1 Å². The number of nitrogens with zero attached hydrogens (tertiary/aromatic N) is 1. The van der Waals surface area contributed by atoms with E-state index in [1.807, 2.05) is 4.90 Å². The van der Waals surface area contributed by atoms with Crippen molar-refractivity contribution in [2.75, 3.05) is 27.4 Å². The first-order valence-corrected chi connectivity index (χ1v) is 7.90. The van der Waals surface area contributed by atoms with Gasteiger partial charge in [0, 0.05) is 25.3 Å². The molecule has 3 atom stereocenters. The number of carbonyl (C=O) groups excluding carboxylic acids is 1. The first-order valence-electron chi connectivity index (χ1n) is 7.90. The lowest BCUT2D eigenvalue weighted by atomic mass is 10.1. The normalized spacial score (nSPS) is 26.9. The number of rotatable bonds is 4. The minimum Gasteiger partial charge on any atom is -0.496 e. The molecule has 5 nitrogen and oxygen atoms in total. The number of benzene rings is 1. The maximum atomic E-state index is 13.3. The molecule has 0 N–H and O–H groups in total. The Labute approximate surface area is 135 Å². The molecule has 6 heteroatoms. The van der Waals surface area contributed by atoms with E-state index in [4.69, 9.17) is 14.2 Å². The fourth-order valence-corrected chi connectivity index (χ4v) is 3.64. The van der Waals surface area contributed by atoms with Crippen molar-refractivity contribution in [2.45, 2.75) is 37.5 Å². The lowest BCUT2D eigenvalue weighted by Crippen LogP contribution is -2.46. The summed E-state index contributed by atoms with van der Waals surface area (Å²) >= 11 is 0. The monoisotopic (exact) mass is 323 g/mol. The summed E-state index contributed by atoms with van der Waals surface area (Å²) in [5.41, 5.74) is 0.688. The Morgan fingerprint density at radius 3 is 2.96 bits per heavy atom. The summed E-state index contributed by atoms with van der Waals surface area (Å²) in [5, 5.41) is 0. The average Bonchev–Trinajstić information content (AvgIpc) is 2.84. The third-order valence-electron chi connectivity index (χ3n) is 4.74. The number of hydrogen-bond acceptors (Lipinski definition) is 4. The van der Waals surface area contributed by atoms with Gasteiger partial charge >= 0.3 is 0 Å². The molecule has 3 rings (SSSR count). The van der Waals surface area contributed by atoms with Crippen LogP contribution in [0.2, 0.25) is 0 Å². The van der Waals surface area contributed by atoms with Crippen molar-refractivity contribution in [3.05, 3.63) is 29.6 Å². The van der Waals surface area contributed by atoms with Crippen LogP contribution < -0.4 is 4.74 Å². The topological polar surface area (TPSA) is 48.0 Å². The van der Waals surface area contributed by atoms with Crippen molar-refractivity contribution in [3.8, 4) is 5.75 Å². The van der Waals surface area contributed by atoms with Crippen LogP contribution in [0, 0.1) is 5.82 Å². The Hall–Kier alpha value is -1.66. The molecule has 0 spiro atoms. The zero-order valence-corrected chi connectivity index (χ0v) is 13.5. The third kappa shape index (κ3) is 3.19. The summed E-state index contributed by atoms with van der Waals surface area (Å²) < 4.78 is 29.8. The molecule has 1 saturated carbocycles. The third-order valence-corrected chi connectivity index (χ3v) is 4.74. The minimum absolute atomic E-state index is 0.00638. The maximum Gasteiger partial charge on any atom is 0.227 e. The van der Waals surface area contributed by atoms with E-state index in [1.165, 1.54) is 19.2 Å². The van der Waals surface area contributed by atoms with Crippen molar-refractivity contribution >= 4 is 5.91 Å². The molecule has 2 aliphatic rings. The summed E-state index contributed by atoms with van der Waals surface area (Å²) in [6.07, 6.45) is 1.98. The van der Waals surface area contributed by atoms with E-state index in [1.54, 1.807) is 13.2 Å². The van der Waals surface area contributed by atoms with E-state index < -0.39 is 0 Å². The molecule has 1 saturated heterocycles. The van der Waals surface area contributed by atoms with Crippen molar-refractivity contribution in [1.29, 1.82) is 0 Å². The van der Waals surface area contributed by atoms with Crippen LogP contribution >= 0.6 is 0 Å². The molecule has 0 radical (unpaired) electrons. The molecule has 1 heterocycles. The van der Waals surface area contributed by atoms with Crippen molar-refractivity contribution in [1.82, 2.24) is 4.90 Å². The summed E-state index contributed by atoms with van der Waals surface area (Å²) in [4.78, 5) is 14.6.